The lowest BCUT2D eigenvalue weighted by molar-refractivity contribution is -0.157. The Balaban J connectivity index is 0.000000941. The van der Waals surface area contributed by atoms with E-state index in [1.165, 1.54) is 0 Å². The highest BCUT2D eigenvalue weighted by Crippen LogP contribution is 2.24. The minimum Gasteiger partial charge on any atom is -0.483 e. The summed E-state index contributed by atoms with van der Waals surface area (Å²) in [4.78, 5) is 37.4. The molecule has 0 aliphatic carbocycles. The summed E-state index contributed by atoms with van der Waals surface area (Å²) in [5, 5.41) is 11.2. The van der Waals surface area contributed by atoms with Crippen molar-refractivity contribution >= 4 is 18.3 Å². The molecule has 8 nitrogen and oxygen atoms in total. The van der Waals surface area contributed by atoms with E-state index < -0.39 is 6.04 Å². The standard InChI is InChI=1S/C20H26N4O2.CH2O2/c1-4-22-14-19(25)23(18(20(22)26)12-15(2)3)13-16-8-5-6-9-17(16)24-11-7-10-21-24;2-1-3/h5-11,15,18H,4,12-14H2,1-3H3;1H,(H,2,3)/t18-;/m0./s1. The van der Waals surface area contributed by atoms with Crippen LogP contribution in [0.25, 0.3) is 5.69 Å². The third kappa shape index (κ3) is 5.43. The van der Waals surface area contributed by atoms with Crippen LogP contribution in [-0.2, 0) is 20.9 Å². The van der Waals surface area contributed by atoms with Crippen molar-refractivity contribution < 1.29 is 19.5 Å². The molecule has 2 heterocycles. The molecule has 3 rings (SSSR count). The second-order valence-electron chi connectivity index (χ2n) is 7.20. The molecule has 0 saturated carbocycles. The van der Waals surface area contributed by atoms with E-state index in [1.807, 2.05) is 43.5 Å². The molecule has 1 atom stereocenters. The van der Waals surface area contributed by atoms with Gasteiger partial charge in [0.05, 0.1) is 12.2 Å². The predicted molar refractivity (Wildman–Crippen MR) is 108 cm³/mol. The number of piperazine rings is 1. The van der Waals surface area contributed by atoms with Crippen LogP contribution in [0.4, 0.5) is 0 Å². The van der Waals surface area contributed by atoms with Crippen LogP contribution < -0.4 is 0 Å². The molecule has 2 amide bonds. The highest BCUT2D eigenvalue weighted by molar-refractivity contribution is 5.94. The average Bonchev–Trinajstić information content (AvgIpc) is 3.22. The van der Waals surface area contributed by atoms with Gasteiger partial charge in [-0.3, -0.25) is 14.4 Å². The third-order valence-electron chi connectivity index (χ3n) is 4.78. The number of likely N-dealkylation sites (N-methyl/N-ethyl adjacent to an activating group) is 1. The van der Waals surface area contributed by atoms with Gasteiger partial charge < -0.3 is 14.9 Å². The Kier molecular flexibility index (Phi) is 7.94. The number of carboxylic acid groups (broad SMARTS) is 1. The third-order valence-corrected chi connectivity index (χ3v) is 4.78. The maximum Gasteiger partial charge on any atom is 0.290 e. The van der Waals surface area contributed by atoms with Crippen LogP contribution in [0, 0.1) is 5.92 Å². The van der Waals surface area contributed by atoms with Gasteiger partial charge in [-0.15, -0.1) is 0 Å². The van der Waals surface area contributed by atoms with Crippen molar-refractivity contribution in [2.45, 2.75) is 39.8 Å². The van der Waals surface area contributed by atoms with Gasteiger partial charge in [0.1, 0.15) is 6.04 Å². The Morgan fingerprint density at radius 3 is 2.52 bits per heavy atom. The van der Waals surface area contributed by atoms with E-state index in [9.17, 15) is 9.59 Å². The Morgan fingerprint density at radius 2 is 1.93 bits per heavy atom. The van der Waals surface area contributed by atoms with Crippen LogP contribution in [0.15, 0.2) is 42.7 Å². The molecule has 1 aliphatic rings. The zero-order valence-electron chi connectivity index (χ0n) is 17.1. The van der Waals surface area contributed by atoms with Crippen LogP contribution in [-0.4, -0.2) is 62.1 Å². The van der Waals surface area contributed by atoms with E-state index in [1.54, 1.807) is 20.7 Å². The highest BCUT2D eigenvalue weighted by Gasteiger charge is 2.39. The number of carbonyl (C=O) groups excluding carboxylic acids is 2. The van der Waals surface area contributed by atoms with Gasteiger partial charge >= 0.3 is 0 Å². The van der Waals surface area contributed by atoms with Crippen LogP contribution in [0.2, 0.25) is 0 Å². The van der Waals surface area contributed by atoms with Gasteiger partial charge in [0, 0.05) is 25.5 Å². The Labute approximate surface area is 170 Å². The summed E-state index contributed by atoms with van der Waals surface area (Å²) in [5.41, 5.74) is 1.91. The second-order valence-corrected chi connectivity index (χ2v) is 7.20. The summed E-state index contributed by atoms with van der Waals surface area (Å²) in [6.07, 6.45) is 4.28. The number of hydrogen-bond acceptors (Lipinski definition) is 4. The molecule has 1 aromatic heterocycles. The van der Waals surface area contributed by atoms with Gasteiger partial charge in [-0.25, -0.2) is 4.68 Å². The fourth-order valence-electron chi connectivity index (χ4n) is 3.45. The maximum absolute atomic E-state index is 12.9. The zero-order chi connectivity index (χ0) is 21.4. The highest BCUT2D eigenvalue weighted by atomic mass is 16.3. The van der Waals surface area contributed by atoms with Crippen LogP contribution >= 0.6 is 0 Å². The monoisotopic (exact) mass is 400 g/mol. The number of para-hydroxylation sites is 1. The Hall–Kier alpha value is -3.16. The molecule has 1 aliphatic heterocycles. The van der Waals surface area contributed by atoms with Crippen molar-refractivity contribution in [3.05, 3.63) is 48.3 Å². The van der Waals surface area contributed by atoms with Crippen molar-refractivity contribution in [1.29, 1.82) is 0 Å². The number of carbonyl (C=O) groups is 3. The first-order valence-electron chi connectivity index (χ1n) is 9.66. The number of hydrogen-bond donors (Lipinski definition) is 1. The van der Waals surface area contributed by atoms with Crippen LogP contribution in [0.3, 0.4) is 0 Å². The lowest BCUT2D eigenvalue weighted by atomic mass is 9.98. The van der Waals surface area contributed by atoms with Crippen molar-refractivity contribution in [2.24, 2.45) is 5.92 Å². The first-order valence-corrected chi connectivity index (χ1v) is 9.66. The molecule has 156 valence electrons. The second kappa shape index (κ2) is 10.4. The predicted octanol–water partition coefficient (Wildman–Crippen LogP) is 2.18. The lowest BCUT2D eigenvalue weighted by Crippen LogP contribution is -2.59. The quantitative estimate of drug-likeness (QED) is 0.750. The number of amides is 2. The molecular formula is C21H28N4O4. The van der Waals surface area contributed by atoms with Gasteiger partial charge in [-0.1, -0.05) is 32.0 Å². The molecule has 2 aromatic rings. The minimum absolute atomic E-state index is 0.00682. The van der Waals surface area contributed by atoms with E-state index in [0.29, 0.717) is 25.4 Å². The molecule has 0 radical (unpaired) electrons. The molecule has 1 aromatic carbocycles. The van der Waals surface area contributed by atoms with Crippen molar-refractivity contribution in [2.75, 3.05) is 13.1 Å². The fraction of sp³-hybridized carbons (Fsp3) is 0.429. The van der Waals surface area contributed by atoms with E-state index >= 15 is 0 Å². The molecular weight excluding hydrogens is 372 g/mol. The van der Waals surface area contributed by atoms with Gasteiger partial charge in [0.25, 0.3) is 6.47 Å². The van der Waals surface area contributed by atoms with Crippen molar-refractivity contribution in [3.8, 4) is 5.69 Å². The topological polar surface area (TPSA) is 95.7 Å². The largest absolute Gasteiger partial charge is 0.483 e. The molecule has 0 unspecified atom stereocenters. The number of aromatic nitrogens is 2. The lowest BCUT2D eigenvalue weighted by Gasteiger charge is -2.41. The van der Waals surface area contributed by atoms with E-state index in [2.05, 4.69) is 18.9 Å². The Morgan fingerprint density at radius 1 is 1.24 bits per heavy atom. The Bertz CT molecular complexity index is 820. The minimum atomic E-state index is -0.401. The van der Waals surface area contributed by atoms with E-state index in [4.69, 9.17) is 9.90 Å². The number of benzene rings is 1. The van der Waals surface area contributed by atoms with Crippen molar-refractivity contribution in [3.63, 3.8) is 0 Å². The summed E-state index contributed by atoms with van der Waals surface area (Å²) < 4.78 is 1.79. The summed E-state index contributed by atoms with van der Waals surface area (Å²) >= 11 is 0. The smallest absolute Gasteiger partial charge is 0.290 e. The maximum atomic E-state index is 12.9. The van der Waals surface area contributed by atoms with Crippen LogP contribution in [0.1, 0.15) is 32.8 Å². The van der Waals surface area contributed by atoms with Gasteiger partial charge in [0.2, 0.25) is 11.8 Å². The number of nitrogens with zero attached hydrogens (tertiary/aromatic N) is 4. The molecule has 1 fully saturated rings. The van der Waals surface area contributed by atoms with E-state index in [-0.39, 0.29) is 24.8 Å². The van der Waals surface area contributed by atoms with Gasteiger partial charge in [0.15, 0.2) is 0 Å². The molecule has 0 bridgehead atoms. The summed E-state index contributed by atoms with van der Waals surface area (Å²) in [7, 11) is 0. The number of rotatable bonds is 6. The van der Waals surface area contributed by atoms with Crippen molar-refractivity contribution in [1.82, 2.24) is 19.6 Å². The van der Waals surface area contributed by atoms with Gasteiger partial charge in [-0.2, -0.15) is 5.10 Å². The molecule has 1 N–H and O–H groups in total. The average molecular weight is 400 g/mol. The summed E-state index contributed by atoms with van der Waals surface area (Å²) in [6, 6.07) is 9.35. The summed E-state index contributed by atoms with van der Waals surface area (Å²) in [6.45, 7) is 6.97. The first-order chi connectivity index (χ1) is 13.9. The summed E-state index contributed by atoms with van der Waals surface area (Å²) in [5.74, 6) is 0.391. The normalized spacial score (nSPS) is 16.6. The van der Waals surface area contributed by atoms with Gasteiger partial charge in [-0.05, 0) is 37.0 Å². The molecule has 8 heteroatoms. The zero-order valence-corrected chi connectivity index (χ0v) is 17.1. The first kappa shape index (κ1) is 22.1. The fourth-order valence-corrected chi connectivity index (χ4v) is 3.45. The van der Waals surface area contributed by atoms with Crippen LogP contribution in [0.5, 0.6) is 0 Å². The molecule has 29 heavy (non-hydrogen) atoms. The molecule has 0 spiro atoms. The molecule has 1 saturated heterocycles. The SMILES string of the molecule is CCN1CC(=O)N(Cc2ccccc2-n2cccn2)[C@@H](CC(C)C)C1=O.O=CO. The van der Waals surface area contributed by atoms with E-state index in [0.717, 1.165) is 11.3 Å².